The van der Waals surface area contributed by atoms with E-state index in [1.165, 1.54) is 19.3 Å². The zero-order chi connectivity index (χ0) is 23.1. The Bertz CT molecular complexity index is 1080. The van der Waals surface area contributed by atoms with Crippen molar-refractivity contribution < 1.29 is 0 Å². The largest absolute Gasteiger partial charge is 0.385 e. The molecule has 3 N–H and O–H groups in total. The highest BCUT2D eigenvalue weighted by Crippen LogP contribution is 2.18. The molecule has 0 spiro atoms. The number of unbranched alkanes of at least 4 members (excludes halogenated alkanes) is 3. The van der Waals surface area contributed by atoms with Crippen molar-refractivity contribution >= 4 is 21.6 Å². The molecule has 4 rings (SSSR count). The quantitative estimate of drug-likeness (QED) is 0.272. The molecule has 0 aromatic carbocycles. The second-order valence-electron chi connectivity index (χ2n) is 7.35. The number of anilines is 1. The monoisotopic (exact) mass is 504 g/mol. The fourth-order valence-electron chi connectivity index (χ4n) is 3.11. The zero-order valence-corrected chi connectivity index (χ0v) is 20.2. The van der Waals surface area contributed by atoms with Crippen molar-refractivity contribution in [3.05, 3.63) is 89.9 Å². The van der Waals surface area contributed by atoms with Gasteiger partial charge in [-0.05, 0) is 67.9 Å². The van der Waals surface area contributed by atoms with Crippen molar-refractivity contribution in [2.75, 3.05) is 18.4 Å². The van der Waals surface area contributed by atoms with E-state index in [1.807, 2.05) is 66.9 Å². The van der Waals surface area contributed by atoms with Crippen molar-refractivity contribution in [1.29, 1.82) is 0 Å². The maximum atomic E-state index is 5.48. The van der Waals surface area contributed by atoms with Crippen LogP contribution >= 0.6 is 15.9 Å². The molecule has 0 aliphatic heterocycles. The number of nitrogens with two attached hydrogens (primary N) is 1. The van der Waals surface area contributed by atoms with Crippen LogP contribution in [0, 0.1) is 0 Å². The van der Waals surface area contributed by atoms with Crippen molar-refractivity contribution in [2.24, 2.45) is 5.73 Å². The summed E-state index contributed by atoms with van der Waals surface area (Å²) in [4.78, 5) is 17.1. The molecule has 33 heavy (non-hydrogen) atoms. The molecule has 0 unspecified atom stereocenters. The minimum Gasteiger partial charge on any atom is -0.385 e. The SMILES string of the molecule is Brc1ccnc(-c2ccccn2)c1.NCCCCCCNc1ccnc(-c2ccccn2)c1. The predicted molar refractivity (Wildman–Crippen MR) is 139 cm³/mol. The van der Waals surface area contributed by atoms with Crippen molar-refractivity contribution in [3.63, 3.8) is 0 Å². The summed E-state index contributed by atoms with van der Waals surface area (Å²) in [5.41, 5.74) is 10.2. The molecule has 4 aromatic rings. The van der Waals surface area contributed by atoms with E-state index in [1.54, 1.807) is 18.6 Å². The molecule has 0 saturated heterocycles. The molecule has 6 nitrogen and oxygen atoms in total. The molecule has 0 atom stereocenters. The number of nitrogens with zero attached hydrogens (tertiary/aromatic N) is 4. The van der Waals surface area contributed by atoms with Gasteiger partial charge in [-0.2, -0.15) is 0 Å². The molecule has 7 heteroatoms. The summed E-state index contributed by atoms with van der Waals surface area (Å²) in [5, 5.41) is 3.43. The van der Waals surface area contributed by atoms with E-state index < -0.39 is 0 Å². The number of nitrogens with one attached hydrogen (secondary N) is 1. The summed E-state index contributed by atoms with van der Waals surface area (Å²) in [5.74, 6) is 0. The average molecular weight is 505 g/mol. The molecule has 170 valence electrons. The van der Waals surface area contributed by atoms with Crippen LogP contribution in [0.4, 0.5) is 5.69 Å². The van der Waals surface area contributed by atoms with Gasteiger partial charge in [0, 0.05) is 41.5 Å². The Morgan fingerprint density at radius 2 is 1.24 bits per heavy atom. The van der Waals surface area contributed by atoms with E-state index in [9.17, 15) is 0 Å². The van der Waals surface area contributed by atoms with Crippen LogP contribution in [0.1, 0.15) is 25.7 Å². The normalized spacial score (nSPS) is 10.2. The summed E-state index contributed by atoms with van der Waals surface area (Å²) in [7, 11) is 0. The highest BCUT2D eigenvalue weighted by atomic mass is 79.9. The average Bonchev–Trinajstić information content (AvgIpc) is 2.88. The molecule has 0 aliphatic rings. The van der Waals surface area contributed by atoms with E-state index >= 15 is 0 Å². The smallest absolute Gasteiger partial charge is 0.0906 e. The second kappa shape index (κ2) is 14.1. The fraction of sp³-hybridized carbons (Fsp3) is 0.231. The lowest BCUT2D eigenvalue weighted by molar-refractivity contribution is 0.661. The number of hydrogen-bond acceptors (Lipinski definition) is 6. The van der Waals surface area contributed by atoms with Gasteiger partial charge in [0.15, 0.2) is 0 Å². The van der Waals surface area contributed by atoms with E-state index in [2.05, 4.69) is 41.2 Å². The lowest BCUT2D eigenvalue weighted by atomic mass is 10.2. The van der Waals surface area contributed by atoms with Crippen molar-refractivity contribution in [2.45, 2.75) is 25.7 Å². The van der Waals surface area contributed by atoms with Gasteiger partial charge in [-0.3, -0.25) is 19.9 Å². The zero-order valence-electron chi connectivity index (χ0n) is 18.6. The summed E-state index contributed by atoms with van der Waals surface area (Å²) in [6.45, 7) is 1.78. The Morgan fingerprint density at radius 3 is 1.85 bits per heavy atom. The van der Waals surface area contributed by atoms with Crippen LogP contribution in [0.2, 0.25) is 0 Å². The molecule has 0 saturated carbocycles. The van der Waals surface area contributed by atoms with Gasteiger partial charge in [0.05, 0.1) is 22.8 Å². The Kier molecular flexibility index (Phi) is 10.4. The summed E-state index contributed by atoms with van der Waals surface area (Å²) in [6, 6.07) is 19.5. The Balaban J connectivity index is 0.000000203. The lowest BCUT2D eigenvalue weighted by Crippen LogP contribution is -2.03. The highest BCUT2D eigenvalue weighted by molar-refractivity contribution is 9.10. The van der Waals surface area contributed by atoms with Gasteiger partial charge >= 0.3 is 0 Å². The van der Waals surface area contributed by atoms with Gasteiger partial charge in [-0.1, -0.05) is 40.9 Å². The van der Waals surface area contributed by atoms with E-state index in [4.69, 9.17) is 5.73 Å². The molecular weight excluding hydrogens is 476 g/mol. The summed E-state index contributed by atoms with van der Waals surface area (Å²) in [6.07, 6.45) is 11.9. The van der Waals surface area contributed by atoms with Crippen LogP contribution in [0.15, 0.2) is 89.9 Å². The molecule has 0 aliphatic carbocycles. The van der Waals surface area contributed by atoms with Gasteiger partial charge in [0.1, 0.15) is 0 Å². The Labute approximate surface area is 203 Å². The van der Waals surface area contributed by atoms with Gasteiger partial charge in [0.25, 0.3) is 0 Å². The number of pyridine rings is 4. The number of hydrogen-bond donors (Lipinski definition) is 2. The fourth-order valence-corrected chi connectivity index (χ4v) is 3.44. The number of aromatic nitrogens is 4. The standard InChI is InChI=1S/C16H22N4.C10H7BrN2/c17-9-4-1-2-5-10-18-14-8-12-20-16(13-14)15-7-3-6-11-19-15;11-8-4-6-13-10(7-8)9-3-1-2-5-12-9/h3,6-8,11-13H,1-2,4-5,9-10,17H2,(H,18,20);1-7H. The molecular formula is C26H29BrN6. The van der Waals surface area contributed by atoms with Crippen molar-refractivity contribution in [3.8, 4) is 22.8 Å². The molecule has 0 amide bonds. The molecule has 4 heterocycles. The molecule has 4 aromatic heterocycles. The topological polar surface area (TPSA) is 89.6 Å². The van der Waals surface area contributed by atoms with Crippen LogP contribution in [0.3, 0.4) is 0 Å². The summed E-state index contributed by atoms with van der Waals surface area (Å²) < 4.78 is 1.02. The van der Waals surface area contributed by atoms with Crippen LogP contribution in [0.25, 0.3) is 22.8 Å². The third-order valence-electron chi connectivity index (χ3n) is 4.80. The molecule has 0 radical (unpaired) electrons. The van der Waals surface area contributed by atoms with E-state index in [-0.39, 0.29) is 0 Å². The minimum absolute atomic E-state index is 0.797. The first-order valence-corrected chi connectivity index (χ1v) is 11.9. The maximum Gasteiger partial charge on any atom is 0.0906 e. The van der Waals surface area contributed by atoms with Gasteiger partial charge in [-0.15, -0.1) is 0 Å². The van der Waals surface area contributed by atoms with Crippen LogP contribution in [0.5, 0.6) is 0 Å². The number of halogens is 1. The highest BCUT2D eigenvalue weighted by Gasteiger charge is 2.01. The Morgan fingerprint density at radius 1 is 0.636 bits per heavy atom. The predicted octanol–water partition coefficient (Wildman–Crippen LogP) is 5.98. The second-order valence-corrected chi connectivity index (χ2v) is 8.26. The first kappa shape index (κ1) is 24.5. The van der Waals surface area contributed by atoms with Gasteiger partial charge in [-0.25, -0.2) is 0 Å². The van der Waals surface area contributed by atoms with E-state index in [0.717, 1.165) is 52.4 Å². The summed E-state index contributed by atoms with van der Waals surface area (Å²) >= 11 is 3.39. The molecule has 0 bridgehead atoms. The van der Waals surface area contributed by atoms with Crippen LogP contribution in [-0.4, -0.2) is 33.0 Å². The van der Waals surface area contributed by atoms with Crippen molar-refractivity contribution in [1.82, 2.24) is 19.9 Å². The Hall–Kier alpha value is -3.16. The van der Waals surface area contributed by atoms with E-state index in [0.29, 0.717) is 0 Å². The first-order valence-electron chi connectivity index (χ1n) is 11.1. The van der Waals surface area contributed by atoms with Gasteiger partial charge < -0.3 is 11.1 Å². The van der Waals surface area contributed by atoms with Crippen LogP contribution in [-0.2, 0) is 0 Å². The maximum absolute atomic E-state index is 5.48. The third kappa shape index (κ3) is 8.71. The first-order chi connectivity index (χ1) is 16.3. The number of rotatable bonds is 9. The molecule has 0 fully saturated rings. The van der Waals surface area contributed by atoms with Crippen LogP contribution < -0.4 is 11.1 Å². The minimum atomic E-state index is 0.797. The van der Waals surface area contributed by atoms with Gasteiger partial charge in [0.2, 0.25) is 0 Å². The third-order valence-corrected chi connectivity index (χ3v) is 5.29. The lowest BCUT2D eigenvalue weighted by Gasteiger charge is -2.07.